The standard InChI is InChI=1S/C11H8BrClN2O2/c1-16-7-2-4-8(5-3-7)17-11-9(12)10(13)14-6-15-11/h2-6H,1H3. The van der Waals surface area contributed by atoms with E-state index in [0.717, 1.165) is 5.75 Å². The molecular formula is C11H8BrClN2O2. The largest absolute Gasteiger partial charge is 0.497 e. The van der Waals surface area contributed by atoms with Crippen LogP contribution in [0.4, 0.5) is 0 Å². The first kappa shape index (κ1) is 12.1. The van der Waals surface area contributed by atoms with Crippen LogP contribution in [-0.4, -0.2) is 17.1 Å². The summed E-state index contributed by atoms with van der Waals surface area (Å²) in [7, 11) is 1.61. The molecule has 0 aliphatic carbocycles. The maximum atomic E-state index is 5.83. The van der Waals surface area contributed by atoms with Crippen molar-refractivity contribution in [2.75, 3.05) is 7.11 Å². The highest BCUT2D eigenvalue weighted by atomic mass is 79.9. The van der Waals surface area contributed by atoms with Gasteiger partial charge in [-0.05, 0) is 40.2 Å². The Morgan fingerprint density at radius 3 is 2.41 bits per heavy atom. The number of ether oxygens (including phenoxy) is 2. The summed E-state index contributed by atoms with van der Waals surface area (Å²) in [6, 6.07) is 7.15. The highest BCUT2D eigenvalue weighted by molar-refractivity contribution is 9.10. The van der Waals surface area contributed by atoms with Gasteiger partial charge in [0.2, 0.25) is 5.88 Å². The molecule has 0 unspecified atom stereocenters. The molecule has 4 nitrogen and oxygen atoms in total. The molecule has 0 atom stereocenters. The zero-order chi connectivity index (χ0) is 12.3. The van der Waals surface area contributed by atoms with Crippen molar-refractivity contribution in [1.29, 1.82) is 0 Å². The first-order valence-electron chi connectivity index (χ1n) is 4.68. The third kappa shape index (κ3) is 2.87. The van der Waals surface area contributed by atoms with Crippen LogP contribution in [0.3, 0.4) is 0 Å². The lowest BCUT2D eigenvalue weighted by atomic mass is 10.3. The number of methoxy groups -OCH3 is 1. The van der Waals surface area contributed by atoms with Crippen molar-refractivity contribution in [3.05, 3.63) is 40.2 Å². The average molecular weight is 316 g/mol. The summed E-state index contributed by atoms with van der Waals surface area (Å²) in [5.41, 5.74) is 0. The normalized spacial score (nSPS) is 10.1. The molecule has 88 valence electrons. The van der Waals surface area contributed by atoms with Crippen LogP contribution < -0.4 is 9.47 Å². The molecule has 2 aromatic rings. The second kappa shape index (κ2) is 5.33. The van der Waals surface area contributed by atoms with Crippen LogP contribution in [-0.2, 0) is 0 Å². The third-order valence-electron chi connectivity index (χ3n) is 1.99. The Labute approximate surface area is 112 Å². The second-order valence-corrected chi connectivity index (χ2v) is 4.21. The topological polar surface area (TPSA) is 44.2 Å². The summed E-state index contributed by atoms with van der Waals surface area (Å²) in [5, 5.41) is 0.309. The van der Waals surface area contributed by atoms with Gasteiger partial charge in [0.05, 0.1) is 7.11 Å². The van der Waals surface area contributed by atoms with Gasteiger partial charge in [-0.2, -0.15) is 0 Å². The van der Waals surface area contributed by atoms with E-state index in [4.69, 9.17) is 21.1 Å². The van der Waals surface area contributed by atoms with Crippen molar-refractivity contribution in [2.24, 2.45) is 0 Å². The quantitative estimate of drug-likeness (QED) is 0.810. The highest BCUT2D eigenvalue weighted by Crippen LogP contribution is 2.31. The van der Waals surface area contributed by atoms with E-state index in [-0.39, 0.29) is 0 Å². The zero-order valence-electron chi connectivity index (χ0n) is 8.85. The molecule has 0 bridgehead atoms. The average Bonchev–Trinajstić information content (AvgIpc) is 2.36. The van der Waals surface area contributed by atoms with Crippen LogP contribution in [0.5, 0.6) is 17.4 Å². The molecule has 1 aromatic heterocycles. The molecule has 17 heavy (non-hydrogen) atoms. The maximum Gasteiger partial charge on any atom is 0.238 e. The minimum Gasteiger partial charge on any atom is -0.497 e. The number of halogens is 2. The van der Waals surface area contributed by atoms with E-state index < -0.39 is 0 Å². The van der Waals surface area contributed by atoms with Crippen molar-refractivity contribution in [1.82, 2.24) is 9.97 Å². The lowest BCUT2D eigenvalue weighted by Crippen LogP contribution is -1.91. The third-order valence-corrected chi connectivity index (χ3v) is 3.22. The van der Waals surface area contributed by atoms with E-state index in [1.54, 1.807) is 31.4 Å². The summed E-state index contributed by atoms with van der Waals surface area (Å²) in [6.45, 7) is 0. The van der Waals surface area contributed by atoms with E-state index in [0.29, 0.717) is 21.3 Å². The van der Waals surface area contributed by atoms with Gasteiger partial charge < -0.3 is 9.47 Å². The molecule has 0 N–H and O–H groups in total. The van der Waals surface area contributed by atoms with Crippen molar-refractivity contribution >= 4 is 27.5 Å². The Morgan fingerprint density at radius 2 is 1.76 bits per heavy atom. The maximum absolute atomic E-state index is 5.83. The molecule has 0 fully saturated rings. The van der Waals surface area contributed by atoms with Gasteiger partial charge in [-0.15, -0.1) is 0 Å². The van der Waals surface area contributed by atoms with Gasteiger partial charge in [-0.25, -0.2) is 9.97 Å². The van der Waals surface area contributed by atoms with Gasteiger partial charge in [0.15, 0.2) is 5.15 Å². The predicted octanol–water partition coefficient (Wildman–Crippen LogP) is 3.69. The van der Waals surface area contributed by atoms with Gasteiger partial charge >= 0.3 is 0 Å². The number of rotatable bonds is 3. The molecule has 0 aliphatic rings. The summed E-state index contributed by atoms with van der Waals surface area (Å²) in [5.74, 6) is 1.77. The number of aromatic nitrogens is 2. The number of nitrogens with zero attached hydrogens (tertiary/aromatic N) is 2. The van der Waals surface area contributed by atoms with E-state index in [2.05, 4.69) is 25.9 Å². The van der Waals surface area contributed by atoms with Crippen LogP contribution in [0.25, 0.3) is 0 Å². The molecule has 6 heteroatoms. The van der Waals surface area contributed by atoms with Gasteiger partial charge in [0.1, 0.15) is 22.3 Å². The Morgan fingerprint density at radius 1 is 1.12 bits per heavy atom. The van der Waals surface area contributed by atoms with E-state index in [9.17, 15) is 0 Å². The van der Waals surface area contributed by atoms with Gasteiger partial charge in [0, 0.05) is 0 Å². The molecule has 0 aliphatic heterocycles. The molecule has 0 amide bonds. The fourth-order valence-electron chi connectivity index (χ4n) is 1.16. The Balaban J connectivity index is 2.22. The molecule has 0 spiro atoms. The number of benzene rings is 1. The summed E-state index contributed by atoms with van der Waals surface area (Å²) in [4.78, 5) is 7.80. The SMILES string of the molecule is COc1ccc(Oc2ncnc(Cl)c2Br)cc1. The minimum atomic E-state index is 0.309. The first-order valence-corrected chi connectivity index (χ1v) is 5.85. The van der Waals surface area contributed by atoms with Crippen molar-refractivity contribution < 1.29 is 9.47 Å². The highest BCUT2D eigenvalue weighted by Gasteiger charge is 2.08. The van der Waals surface area contributed by atoms with Gasteiger partial charge in [0.25, 0.3) is 0 Å². The number of hydrogen-bond acceptors (Lipinski definition) is 4. The van der Waals surface area contributed by atoms with Gasteiger partial charge in [-0.1, -0.05) is 11.6 Å². The summed E-state index contributed by atoms with van der Waals surface area (Å²) >= 11 is 9.09. The minimum absolute atomic E-state index is 0.309. The van der Waals surface area contributed by atoms with Crippen LogP contribution in [0.2, 0.25) is 5.15 Å². The van der Waals surface area contributed by atoms with Crippen molar-refractivity contribution in [2.45, 2.75) is 0 Å². The van der Waals surface area contributed by atoms with Crippen LogP contribution in [0.15, 0.2) is 35.1 Å². The number of hydrogen-bond donors (Lipinski definition) is 0. The smallest absolute Gasteiger partial charge is 0.238 e. The molecule has 2 rings (SSSR count). The molecular weight excluding hydrogens is 307 g/mol. The Bertz CT molecular complexity index is 519. The zero-order valence-corrected chi connectivity index (χ0v) is 11.2. The lowest BCUT2D eigenvalue weighted by molar-refractivity contribution is 0.412. The van der Waals surface area contributed by atoms with Crippen molar-refractivity contribution in [3.63, 3.8) is 0 Å². The Hall–Kier alpha value is -1.33. The van der Waals surface area contributed by atoms with E-state index in [1.165, 1.54) is 6.33 Å². The molecule has 0 saturated carbocycles. The summed E-state index contributed by atoms with van der Waals surface area (Å²) in [6.07, 6.45) is 1.34. The van der Waals surface area contributed by atoms with Gasteiger partial charge in [-0.3, -0.25) is 0 Å². The second-order valence-electron chi connectivity index (χ2n) is 3.06. The van der Waals surface area contributed by atoms with Crippen LogP contribution >= 0.6 is 27.5 Å². The van der Waals surface area contributed by atoms with E-state index >= 15 is 0 Å². The van der Waals surface area contributed by atoms with Crippen molar-refractivity contribution in [3.8, 4) is 17.4 Å². The fraction of sp³-hybridized carbons (Fsp3) is 0.0909. The monoisotopic (exact) mass is 314 g/mol. The molecule has 1 heterocycles. The molecule has 1 aromatic carbocycles. The first-order chi connectivity index (χ1) is 8.20. The van der Waals surface area contributed by atoms with Crippen LogP contribution in [0, 0.1) is 0 Å². The molecule has 0 saturated heterocycles. The predicted molar refractivity (Wildman–Crippen MR) is 67.8 cm³/mol. The fourth-order valence-corrected chi connectivity index (χ4v) is 1.57. The molecule has 0 radical (unpaired) electrons. The van der Waals surface area contributed by atoms with Crippen LogP contribution in [0.1, 0.15) is 0 Å². The Kier molecular flexibility index (Phi) is 3.81. The van der Waals surface area contributed by atoms with E-state index in [1.807, 2.05) is 0 Å². The lowest BCUT2D eigenvalue weighted by Gasteiger charge is -2.07. The summed E-state index contributed by atoms with van der Waals surface area (Å²) < 4.78 is 11.1.